The van der Waals surface area contributed by atoms with Gasteiger partial charge in [-0.1, -0.05) is 58.6 Å². The van der Waals surface area contributed by atoms with E-state index in [1.165, 1.54) is 44.9 Å². The SMILES string of the molecule is CCCCC(CC)CC=CCCNCCC. The second kappa shape index (κ2) is 12.8. The molecule has 16 heavy (non-hydrogen) atoms. The smallest absolute Gasteiger partial charge is 0.00143 e. The van der Waals surface area contributed by atoms with Gasteiger partial charge in [-0.15, -0.1) is 0 Å². The van der Waals surface area contributed by atoms with E-state index in [0.29, 0.717) is 0 Å². The summed E-state index contributed by atoms with van der Waals surface area (Å²) >= 11 is 0. The standard InChI is InChI=1S/C15H31N/c1-4-7-11-15(6-3)12-9-8-10-14-16-13-5-2/h8-9,15-16H,4-7,10-14H2,1-3H3. The topological polar surface area (TPSA) is 12.0 Å². The Morgan fingerprint density at radius 1 is 1.00 bits per heavy atom. The van der Waals surface area contributed by atoms with E-state index in [4.69, 9.17) is 0 Å². The van der Waals surface area contributed by atoms with E-state index in [1.54, 1.807) is 0 Å². The Kier molecular flexibility index (Phi) is 12.5. The first-order valence-corrected chi connectivity index (χ1v) is 7.20. The van der Waals surface area contributed by atoms with Gasteiger partial charge >= 0.3 is 0 Å². The highest BCUT2D eigenvalue weighted by Crippen LogP contribution is 2.16. The molecule has 0 aliphatic carbocycles. The predicted molar refractivity (Wildman–Crippen MR) is 74.8 cm³/mol. The Balaban J connectivity index is 3.40. The number of rotatable bonds is 11. The maximum absolute atomic E-state index is 3.42. The summed E-state index contributed by atoms with van der Waals surface area (Å²) in [6.45, 7) is 9.10. The van der Waals surface area contributed by atoms with Gasteiger partial charge in [-0.2, -0.15) is 0 Å². The van der Waals surface area contributed by atoms with Crippen molar-refractivity contribution in [3.63, 3.8) is 0 Å². The van der Waals surface area contributed by atoms with E-state index in [1.807, 2.05) is 0 Å². The Morgan fingerprint density at radius 2 is 1.81 bits per heavy atom. The molecule has 0 bridgehead atoms. The molecular weight excluding hydrogens is 194 g/mol. The van der Waals surface area contributed by atoms with Crippen LogP contribution in [-0.4, -0.2) is 13.1 Å². The van der Waals surface area contributed by atoms with Gasteiger partial charge < -0.3 is 5.32 Å². The minimum absolute atomic E-state index is 0.916. The molecule has 0 radical (unpaired) electrons. The van der Waals surface area contributed by atoms with Gasteiger partial charge in [0.15, 0.2) is 0 Å². The highest BCUT2D eigenvalue weighted by molar-refractivity contribution is 4.84. The molecule has 1 unspecified atom stereocenters. The summed E-state index contributed by atoms with van der Waals surface area (Å²) in [6.07, 6.45) is 13.9. The summed E-state index contributed by atoms with van der Waals surface area (Å²) in [7, 11) is 0. The molecule has 0 fully saturated rings. The van der Waals surface area contributed by atoms with Crippen LogP contribution in [0.25, 0.3) is 0 Å². The van der Waals surface area contributed by atoms with Crippen molar-refractivity contribution in [2.75, 3.05) is 13.1 Å². The first-order chi connectivity index (χ1) is 7.85. The van der Waals surface area contributed by atoms with Gasteiger partial charge in [-0.25, -0.2) is 0 Å². The predicted octanol–water partition coefficient (Wildman–Crippen LogP) is 4.54. The molecule has 0 aliphatic heterocycles. The highest BCUT2D eigenvalue weighted by atomic mass is 14.8. The van der Waals surface area contributed by atoms with Crippen LogP contribution in [0.2, 0.25) is 0 Å². The molecule has 1 N–H and O–H groups in total. The number of nitrogens with one attached hydrogen (secondary N) is 1. The van der Waals surface area contributed by atoms with Gasteiger partial charge in [0.05, 0.1) is 0 Å². The fourth-order valence-electron chi connectivity index (χ4n) is 1.88. The Labute approximate surface area is 103 Å². The molecule has 0 rings (SSSR count). The largest absolute Gasteiger partial charge is 0.316 e. The third kappa shape index (κ3) is 10.2. The highest BCUT2D eigenvalue weighted by Gasteiger charge is 2.02. The van der Waals surface area contributed by atoms with Crippen molar-refractivity contribution >= 4 is 0 Å². The number of hydrogen-bond donors (Lipinski definition) is 1. The molecule has 0 saturated heterocycles. The van der Waals surface area contributed by atoms with Gasteiger partial charge in [0, 0.05) is 0 Å². The van der Waals surface area contributed by atoms with Crippen LogP contribution < -0.4 is 5.32 Å². The van der Waals surface area contributed by atoms with Crippen molar-refractivity contribution in [3.8, 4) is 0 Å². The zero-order valence-electron chi connectivity index (χ0n) is 11.6. The van der Waals surface area contributed by atoms with Crippen molar-refractivity contribution < 1.29 is 0 Å². The molecule has 0 spiro atoms. The lowest BCUT2D eigenvalue weighted by Gasteiger charge is -2.11. The first-order valence-electron chi connectivity index (χ1n) is 7.20. The minimum atomic E-state index is 0.916. The van der Waals surface area contributed by atoms with E-state index < -0.39 is 0 Å². The van der Waals surface area contributed by atoms with Crippen LogP contribution in [0.4, 0.5) is 0 Å². The molecule has 0 aliphatic rings. The van der Waals surface area contributed by atoms with Crippen molar-refractivity contribution in [2.45, 2.75) is 65.7 Å². The summed E-state index contributed by atoms with van der Waals surface area (Å²) in [5.74, 6) is 0.916. The van der Waals surface area contributed by atoms with E-state index in [0.717, 1.165) is 19.0 Å². The molecule has 0 amide bonds. The van der Waals surface area contributed by atoms with Crippen molar-refractivity contribution in [3.05, 3.63) is 12.2 Å². The Bertz CT molecular complexity index is 152. The fourth-order valence-corrected chi connectivity index (χ4v) is 1.88. The van der Waals surface area contributed by atoms with Gasteiger partial charge in [0.2, 0.25) is 0 Å². The third-order valence-corrected chi connectivity index (χ3v) is 3.09. The molecule has 0 aromatic rings. The van der Waals surface area contributed by atoms with Gasteiger partial charge in [0.25, 0.3) is 0 Å². The summed E-state index contributed by atoms with van der Waals surface area (Å²) in [4.78, 5) is 0. The summed E-state index contributed by atoms with van der Waals surface area (Å²) in [5.41, 5.74) is 0. The van der Waals surface area contributed by atoms with Crippen LogP contribution in [0.15, 0.2) is 12.2 Å². The molecule has 1 nitrogen and oxygen atoms in total. The molecule has 0 aromatic carbocycles. The molecular formula is C15H31N. The van der Waals surface area contributed by atoms with E-state index >= 15 is 0 Å². The maximum Gasteiger partial charge on any atom is -0.00143 e. The van der Waals surface area contributed by atoms with Crippen molar-refractivity contribution in [1.82, 2.24) is 5.32 Å². The third-order valence-electron chi connectivity index (χ3n) is 3.09. The molecule has 0 saturated carbocycles. The monoisotopic (exact) mass is 225 g/mol. The second-order valence-electron chi connectivity index (χ2n) is 4.66. The zero-order valence-corrected chi connectivity index (χ0v) is 11.6. The van der Waals surface area contributed by atoms with Crippen LogP contribution in [0.5, 0.6) is 0 Å². The number of allylic oxidation sites excluding steroid dienone is 1. The van der Waals surface area contributed by atoms with Crippen LogP contribution in [0.1, 0.15) is 65.7 Å². The first kappa shape index (κ1) is 15.7. The summed E-state index contributed by atoms with van der Waals surface area (Å²) < 4.78 is 0. The van der Waals surface area contributed by atoms with Crippen LogP contribution in [0, 0.1) is 5.92 Å². The summed E-state index contributed by atoms with van der Waals surface area (Å²) in [6, 6.07) is 0. The lowest BCUT2D eigenvalue weighted by Crippen LogP contribution is -2.15. The lowest BCUT2D eigenvalue weighted by molar-refractivity contribution is 0.456. The Hall–Kier alpha value is -0.300. The van der Waals surface area contributed by atoms with Crippen molar-refractivity contribution in [2.24, 2.45) is 5.92 Å². The zero-order chi connectivity index (χ0) is 12.1. The van der Waals surface area contributed by atoms with E-state index in [9.17, 15) is 0 Å². The minimum Gasteiger partial charge on any atom is -0.316 e. The van der Waals surface area contributed by atoms with Crippen LogP contribution in [0.3, 0.4) is 0 Å². The van der Waals surface area contributed by atoms with Gasteiger partial charge in [-0.05, 0) is 38.3 Å². The van der Waals surface area contributed by atoms with Crippen LogP contribution >= 0.6 is 0 Å². The second-order valence-corrected chi connectivity index (χ2v) is 4.66. The molecule has 1 heteroatoms. The maximum atomic E-state index is 3.42. The normalized spacial score (nSPS) is 13.4. The average Bonchev–Trinajstić information content (AvgIpc) is 2.32. The molecule has 0 heterocycles. The van der Waals surface area contributed by atoms with E-state index in [2.05, 4.69) is 38.2 Å². The Morgan fingerprint density at radius 3 is 2.44 bits per heavy atom. The number of hydrogen-bond acceptors (Lipinski definition) is 1. The lowest BCUT2D eigenvalue weighted by atomic mass is 9.96. The average molecular weight is 225 g/mol. The molecule has 96 valence electrons. The van der Waals surface area contributed by atoms with Crippen molar-refractivity contribution in [1.29, 1.82) is 0 Å². The van der Waals surface area contributed by atoms with Crippen LogP contribution in [-0.2, 0) is 0 Å². The van der Waals surface area contributed by atoms with Gasteiger partial charge in [0.1, 0.15) is 0 Å². The molecule has 0 aromatic heterocycles. The fraction of sp³-hybridized carbons (Fsp3) is 0.867. The molecule has 1 atom stereocenters. The van der Waals surface area contributed by atoms with E-state index in [-0.39, 0.29) is 0 Å². The van der Waals surface area contributed by atoms with Gasteiger partial charge in [-0.3, -0.25) is 0 Å². The quantitative estimate of drug-likeness (QED) is 0.402. The number of unbranched alkanes of at least 4 members (excludes halogenated alkanes) is 1. The summed E-state index contributed by atoms with van der Waals surface area (Å²) in [5, 5.41) is 3.42.